The number of anilines is 1. The second kappa shape index (κ2) is 8.60. The summed E-state index contributed by atoms with van der Waals surface area (Å²) in [4.78, 5) is 20.8. The van der Waals surface area contributed by atoms with Crippen LogP contribution in [0.1, 0.15) is 35.7 Å². The predicted molar refractivity (Wildman–Crippen MR) is 113 cm³/mol. The fourth-order valence-electron chi connectivity index (χ4n) is 3.67. The standard InChI is InChI=1S/C23H17F4N5O3/c24-17-7-13(15-11-28-19(29-12-15)9-16-3-6-34-31-16)1-2-14(17)8-21(33)30-20-10-18(35-32-20)22(4-5-22)23(25,26)27/h1-3,6-7,10-12H,4-5,8-9H2,(H,30,32,33). The Hall–Kier alpha value is -4.09. The molecule has 0 radical (unpaired) electrons. The van der Waals surface area contributed by atoms with Gasteiger partial charge in [0.25, 0.3) is 0 Å². The molecule has 0 bridgehead atoms. The van der Waals surface area contributed by atoms with Gasteiger partial charge >= 0.3 is 6.18 Å². The average Bonchev–Trinajstić information content (AvgIpc) is 3.25. The zero-order valence-electron chi connectivity index (χ0n) is 18.0. The Balaban J connectivity index is 1.22. The Bertz CT molecular complexity index is 1350. The van der Waals surface area contributed by atoms with Crippen molar-refractivity contribution in [2.75, 3.05) is 5.32 Å². The van der Waals surface area contributed by atoms with E-state index in [9.17, 15) is 22.4 Å². The summed E-state index contributed by atoms with van der Waals surface area (Å²) >= 11 is 0. The second-order valence-electron chi connectivity index (χ2n) is 8.24. The number of aromatic nitrogens is 4. The molecule has 8 nitrogen and oxygen atoms in total. The third kappa shape index (κ3) is 4.63. The van der Waals surface area contributed by atoms with E-state index >= 15 is 0 Å². The van der Waals surface area contributed by atoms with Crippen LogP contribution in [0.2, 0.25) is 0 Å². The van der Waals surface area contributed by atoms with E-state index in [1.807, 2.05) is 0 Å². The maximum atomic E-state index is 14.7. The first-order valence-electron chi connectivity index (χ1n) is 10.6. The lowest BCUT2D eigenvalue weighted by atomic mass is 10.0. The predicted octanol–water partition coefficient (Wildman–Crippen LogP) is 4.62. The van der Waals surface area contributed by atoms with Crippen LogP contribution in [0.25, 0.3) is 11.1 Å². The minimum Gasteiger partial charge on any atom is -0.364 e. The van der Waals surface area contributed by atoms with Gasteiger partial charge in [-0.1, -0.05) is 22.4 Å². The number of benzene rings is 1. The highest BCUT2D eigenvalue weighted by molar-refractivity contribution is 5.91. The maximum Gasteiger partial charge on any atom is 0.401 e. The summed E-state index contributed by atoms with van der Waals surface area (Å²) in [5, 5.41) is 9.65. The number of carbonyl (C=O) groups excluding carboxylic acids is 1. The Labute approximate surface area is 195 Å². The van der Waals surface area contributed by atoms with Crippen molar-refractivity contribution in [3.63, 3.8) is 0 Å². The third-order valence-corrected chi connectivity index (χ3v) is 5.82. The van der Waals surface area contributed by atoms with Crippen LogP contribution in [0.15, 0.2) is 58.0 Å². The van der Waals surface area contributed by atoms with Gasteiger partial charge in [-0.05, 0) is 30.0 Å². The van der Waals surface area contributed by atoms with Gasteiger partial charge in [0.15, 0.2) is 11.6 Å². The van der Waals surface area contributed by atoms with Crippen LogP contribution in [0, 0.1) is 5.82 Å². The lowest BCUT2D eigenvalue weighted by molar-refractivity contribution is -0.165. The summed E-state index contributed by atoms with van der Waals surface area (Å²) < 4.78 is 63.9. The molecule has 1 amide bonds. The molecule has 3 heterocycles. The first-order valence-corrected chi connectivity index (χ1v) is 10.6. The van der Waals surface area contributed by atoms with Crippen LogP contribution < -0.4 is 5.32 Å². The van der Waals surface area contributed by atoms with E-state index in [1.165, 1.54) is 18.4 Å². The van der Waals surface area contributed by atoms with Gasteiger partial charge in [0.2, 0.25) is 5.91 Å². The number of hydrogen-bond acceptors (Lipinski definition) is 7. The van der Waals surface area contributed by atoms with Crippen molar-refractivity contribution in [1.29, 1.82) is 0 Å². The van der Waals surface area contributed by atoms with Crippen LogP contribution >= 0.6 is 0 Å². The topological polar surface area (TPSA) is 107 Å². The number of halogens is 4. The summed E-state index contributed by atoms with van der Waals surface area (Å²) in [6.45, 7) is 0. The van der Waals surface area contributed by atoms with Gasteiger partial charge in [0.1, 0.15) is 23.3 Å². The summed E-state index contributed by atoms with van der Waals surface area (Å²) in [5.41, 5.74) is -0.156. The molecule has 0 unspecified atom stereocenters. The van der Waals surface area contributed by atoms with Crippen molar-refractivity contribution in [1.82, 2.24) is 20.3 Å². The fourth-order valence-corrected chi connectivity index (χ4v) is 3.67. The number of alkyl halides is 3. The molecule has 0 atom stereocenters. The Morgan fingerprint density at radius 2 is 1.83 bits per heavy atom. The molecule has 0 saturated heterocycles. The van der Waals surface area contributed by atoms with Crippen molar-refractivity contribution in [2.45, 2.75) is 37.3 Å². The van der Waals surface area contributed by atoms with Gasteiger partial charge < -0.3 is 14.4 Å². The molecule has 0 aliphatic heterocycles. The largest absolute Gasteiger partial charge is 0.401 e. The fraction of sp³-hybridized carbons (Fsp3) is 0.261. The number of carbonyl (C=O) groups is 1. The zero-order valence-corrected chi connectivity index (χ0v) is 18.0. The Morgan fingerprint density at radius 3 is 2.46 bits per heavy atom. The number of amides is 1. The summed E-state index contributed by atoms with van der Waals surface area (Å²) in [6.07, 6.45) is -0.0264. The molecule has 3 aromatic heterocycles. The molecule has 1 saturated carbocycles. The maximum absolute atomic E-state index is 14.7. The molecule has 4 aromatic rings. The highest BCUT2D eigenvalue weighted by Gasteiger charge is 2.66. The van der Waals surface area contributed by atoms with E-state index in [-0.39, 0.29) is 36.4 Å². The highest BCUT2D eigenvalue weighted by Crippen LogP contribution is 2.59. The molecule has 1 fully saturated rings. The zero-order chi connectivity index (χ0) is 24.6. The lowest BCUT2D eigenvalue weighted by Crippen LogP contribution is -2.28. The quantitative estimate of drug-likeness (QED) is 0.379. The van der Waals surface area contributed by atoms with E-state index in [0.29, 0.717) is 29.1 Å². The van der Waals surface area contributed by atoms with Gasteiger partial charge in [-0.25, -0.2) is 14.4 Å². The van der Waals surface area contributed by atoms with E-state index in [1.54, 1.807) is 24.5 Å². The minimum atomic E-state index is -4.46. The van der Waals surface area contributed by atoms with Crippen molar-refractivity contribution < 1.29 is 31.4 Å². The molecular weight excluding hydrogens is 470 g/mol. The minimum absolute atomic E-state index is 0.0913. The van der Waals surface area contributed by atoms with Crippen molar-refractivity contribution >= 4 is 11.7 Å². The number of rotatable bonds is 7. The normalized spacial score (nSPS) is 14.6. The van der Waals surface area contributed by atoms with Crippen molar-refractivity contribution in [3.8, 4) is 11.1 Å². The molecule has 1 aliphatic carbocycles. The van der Waals surface area contributed by atoms with Crippen molar-refractivity contribution in [2.24, 2.45) is 0 Å². The van der Waals surface area contributed by atoms with E-state index in [2.05, 4.69) is 25.6 Å². The van der Waals surface area contributed by atoms with Crippen LogP contribution in [0.5, 0.6) is 0 Å². The summed E-state index contributed by atoms with van der Waals surface area (Å²) in [5.74, 6) is -1.24. The Morgan fingerprint density at radius 1 is 1.06 bits per heavy atom. The number of hydrogen-bond donors (Lipinski definition) is 1. The molecule has 1 N–H and O–H groups in total. The monoisotopic (exact) mass is 487 g/mol. The highest BCUT2D eigenvalue weighted by atomic mass is 19.4. The summed E-state index contributed by atoms with van der Waals surface area (Å²) in [7, 11) is 0. The first kappa shape index (κ1) is 22.7. The third-order valence-electron chi connectivity index (χ3n) is 5.82. The van der Waals surface area contributed by atoms with E-state index < -0.39 is 23.3 Å². The SMILES string of the molecule is O=C(Cc1ccc(-c2cnc(Cc3ccon3)nc2)cc1F)Nc1cc(C2(C(F)(F)F)CC2)on1. The van der Waals surface area contributed by atoms with E-state index in [4.69, 9.17) is 9.05 Å². The number of nitrogens with zero attached hydrogens (tertiary/aromatic N) is 4. The van der Waals surface area contributed by atoms with Gasteiger partial charge in [-0.2, -0.15) is 13.2 Å². The van der Waals surface area contributed by atoms with Crippen LogP contribution in [-0.2, 0) is 23.1 Å². The summed E-state index contributed by atoms with van der Waals surface area (Å²) in [6, 6.07) is 7.09. The lowest BCUT2D eigenvalue weighted by Gasteiger charge is -2.14. The smallest absolute Gasteiger partial charge is 0.364 e. The second-order valence-corrected chi connectivity index (χ2v) is 8.24. The van der Waals surface area contributed by atoms with Crippen LogP contribution in [0.4, 0.5) is 23.4 Å². The van der Waals surface area contributed by atoms with Gasteiger partial charge in [-0.15, -0.1) is 0 Å². The molecule has 1 aliphatic rings. The molecular formula is C23H17F4N5O3. The van der Waals surface area contributed by atoms with Crippen LogP contribution in [0.3, 0.4) is 0 Å². The molecule has 0 spiro atoms. The number of nitrogens with one attached hydrogen (secondary N) is 1. The van der Waals surface area contributed by atoms with Gasteiger partial charge in [-0.3, -0.25) is 4.79 Å². The molecule has 180 valence electrons. The van der Waals surface area contributed by atoms with Crippen molar-refractivity contribution in [3.05, 3.63) is 77.6 Å². The van der Waals surface area contributed by atoms with Crippen LogP contribution in [-0.4, -0.2) is 32.4 Å². The first-order chi connectivity index (χ1) is 16.7. The van der Waals surface area contributed by atoms with Gasteiger partial charge in [0.05, 0.1) is 18.5 Å². The Kier molecular flexibility index (Phi) is 5.58. The molecule has 35 heavy (non-hydrogen) atoms. The average molecular weight is 487 g/mol. The molecule has 1 aromatic carbocycles. The van der Waals surface area contributed by atoms with Gasteiger partial charge in [0, 0.05) is 30.1 Å². The molecule has 12 heteroatoms. The van der Waals surface area contributed by atoms with E-state index in [0.717, 1.165) is 6.07 Å². The molecule has 5 rings (SSSR count).